The predicted molar refractivity (Wildman–Crippen MR) is 96.7 cm³/mol. The van der Waals surface area contributed by atoms with Crippen LogP contribution in [0, 0.1) is 0 Å². The van der Waals surface area contributed by atoms with Crippen molar-refractivity contribution < 1.29 is 9.59 Å². The molecule has 0 aliphatic carbocycles. The number of carbonyl (C=O) groups excluding carboxylic acids is 2. The molecule has 0 atom stereocenters. The maximum atomic E-state index is 13.1. The van der Waals surface area contributed by atoms with Gasteiger partial charge in [0.05, 0.1) is 10.7 Å². The van der Waals surface area contributed by atoms with Gasteiger partial charge < -0.3 is 16.0 Å². The van der Waals surface area contributed by atoms with Gasteiger partial charge in [0, 0.05) is 25.0 Å². The molecule has 2 amide bonds. The molecule has 1 saturated heterocycles. The number of aromatic nitrogens is 2. The molecule has 1 fully saturated rings. The fourth-order valence-electron chi connectivity index (χ4n) is 3.06. The van der Waals surface area contributed by atoms with Gasteiger partial charge in [0.25, 0.3) is 5.91 Å². The number of nitrogens with one attached hydrogen (secondary N) is 3. The number of benzene rings is 1. The molecule has 1 aromatic carbocycles. The van der Waals surface area contributed by atoms with E-state index in [-0.39, 0.29) is 11.8 Å². The highest BCUT2D eigenvalue weighted by molar-refractivity contribution is 6.34. The second kappa shape index (κ2) is 7.25. The summed E-state index contributed by atoms with van der Waals surface area (Å²) < 4.78 is 1.72. The Morgan fingerprint density at radius 1 is 1.28 bits per heavy atom. The molecule has 2 heterocycles. The molecule has 2 aromatic rings. The lowest BCUT2D eigenvalue weighted by molar-refractivity contribution is -0.126. The second-order valence-corrected chi connectivity index (χ2v) is 6.47. The molecule has 3 N–H and O–H groups in total. The molecule has 0 bridgehead atoms. The molecule has 3 rings (SSSR count). The molecule has 0 spiro atoms. The van der Waals surface area contributed by atoms with Crippen LogP contribution in [0.3, 0.4) is 0 Å². The number of hydrogen-bond acceptors (Lipinski definition) is 4. The molecule has 25 heavy (non-hydrogen) atoms. The summed E-state index contributed by atoms with van der Waals surface area (Å²) in [6.45, 7) is 2.88. The predicted octanol–water partition coefficient (Wildman–Crippen LogP) is 2.21. The highest BCUT2D eigenvalue weighted by atomic mass is 35.5. The summed E-state index contributed by atoms with van der Waals surface area (Å²) >= 11 is 6.22. The van der Waals surface area contributed by atoms with Gasteiger partial charge in [-0.25, -0.2) is 0 Å². The SMILES string of the molecule is CC(=O)Nc1ccc(Cl)c(NC(=O)C2(n3cccn3)CCNCC2)c1. The third-order valence-electron chi connectivity index (χ3n) is 4.33. The van der Waals surface area contributed by atoms with Crippen LogP contribution in [0.25, 0.3) is 0 Å². The van der Waals surface area contributed by atoms with Crippen LogP contribution in [0.1, 0.15) is 19.8 Å². The number of halogens is 1. The van der Waals surface area contributed by atoms with E-state index in [0.29, 0.717) is 29.2 Å². The van der Waals surface area contributed by atoms with Crippen molar-refractivity contribution in [2.45, 2.75) is 25.3 Å². The molecular weight excluding hydrogens is 342 g/mol. The number of carbonyl (C=O) groups is 2. The van der Waals surface area contributed by atoms with E-state index in [1.165, 1.54) is 6.92 Å². The van der Waals surface area contributed by atoms with Gasteiger partial charge in [-0.2, -0.15) is 5.10 Å². The summed E-state index contributed by atoms with van der Waals surface area (Å²) in [7, 11) is 0. The van der Waals surface area contributed by atoms with Crippen LogP contribution in [-0.4, -0.2) is 34.7 Å². The van der Waals surface area contributed by atoms with E-state index >= 15 is 0 Å². The molecule has 8 heteroatoms. The van der Waals surface area contributed by atoms with E-state index in [1.54, 1.807) is 41.3 Å². The number of anilines is 2. The minimum absolute atomic E-state index is 0.167. The third-order valence-corrected chi connectivity index (χ3v) is 4.66. The molecule has 0 saturated carbocycles. The molecular formula is C17H20ClN5O2. The van der Waals surface area contributed by atoms with E-state index < -0.39 is 5.54 Å². The van der Waals surface area contributed by atoms with E-state index in [2.05, 4.69) is 21.0 Å². The van der Waals surface area contributed by atoms with Crippen LogP contribution >= 0.6 is 11.6 Å². The molecule has 1 aliphatic heterocycles. The van der Waals surface area contributed by atoms with Gasteiger partial charge in [-0.15, -0.1) is 0 Å². The van der Waals surface area contributed by atoms with Gasteiger partial charge in [0.15, 0.2) is 0 Å². The van der Waals surface area contributed by atoms with Gasteiger partial charge in [-0.1, -0.05) is 11.6 Å². The second-order valence-electron chi connectivity index (χ2n) is 6.06. The van der Waals surface area contributed by atoms with Crippen molar-refractivity contribution in [3.63, 3.8) is 0 Å². The van der Waals surface area contributed by atoms with Crippen molar-refractivity contribution in [1.29, 1.82) is 0 Å². The number of rotatable bonds is 4. The van der Waals surface area contributed by atoms with Gasteiger partial charge in [-0.05, 0) is 50.2 Å². The summed E-state index contributed by atoms with van der Waals surface area (Å²) in [6.07, 6.45) is 4.73. The van der Waals surface area contributed by atoms with Gasteiger partial charge in [0.1, 0.15) is 5.54 Å². The standard InChI is InChI=1S/C17H20ClN5O2/c1-12(24)21-13-3-4-14(18)15(11-13)22-16(25)17(5-8-19-9-6-17)23-10-2-7-20-23/h2-4,7,10-11,19H,5-6,8-9H2,1H3,(H,21,24)(H,22,25). The lowest BCUT2D eigenvalue weighted by atomic mass is 9.87. The van der Waals surface area contributed by atoms with Crippen LogP contribution in [0.15, 0.2) is 36.7 Å². The Balaban J connectivity index is 1.88. The first-order chi connectivity index (χ1) is 12.0. The summed E-state index contributed by atoms with van der Waals surface area (Å²) in [5.74, 6) is -0.356. The smallest absolute Gasteiger partial charge is 0.252 e. The van der Waals surface area contributed by atoms with Crippen molar-refractivity contribution in [2.75, 3.05) is 23.7 Å². The van der Waals surface area contributed by atoms with Crippen molar-refractivity contribution in [1.82, 2.24) is 15.1 Å². The molecule has 7 nitrogen and oxygen atoms in total. The average molecular weight is 362 g/mol. The van der Waals surface area contributed by atoms with E-state index in [0.717, 1.165) is 13.1 Å². The average Bonchev–Trinajstić information content (AvgIpc) is 3.13. The Hall–Kier alpha value is -2.38. The fraction of sp³-hybridized carbons (Fsp3) is 0.353. The van der Waals surface area contributed by atoms with Crippen LogP contribution in [-0.2, 0) is 15.1 Å². The highest BCUT2D eigenvalue weighted by Crippen LogP contribution is 2.31. The van der Waals surface area contributed by atoms with Crippen molar-refractivity contribution >= 4 is 34.8 Å². The molecule has 0 unspecified atom stereocenters. The Labute approximate surface area is 150 Å². The number of amides is 2. The van der Waals surface area contributed by atoms with E-state index in [9.17, 15) is 9.59 Å². The van der Waals surface area contributed by atoms with E-state index in [4.69, 9.17) is 11.6 Å². The number of nitrogens with zero attached hydrogens (tertiary/aromatic N) is 2. The maximum Gasteiger partial charge on any atom is 0.252 e. The zero-order valence-corrected chi connectivity index (χ0v) is 14.6. The zero-order chi connectivity index (χ0) is 17.9. The van der Waals surface area contributed by atoms with E-state index in [1.807, 2.05) is 0 Å². The van der Waals surface area contributed by atoms with Crippen LogP contribution in [0.2, 0.25) is 5.02 Å². The number of hydrogen-bond donors (Lipinski definition) is 3. The van der Waals surface area contributed by atoms with Crippen molar-refractivity contribution in [2.24, 2.45) is 0 Å². The first-order valence-electron chi connectivity index (χ1n) is 8.11. The monoisotopic (exact) mass is 361 g/mol. The molecule has 132 valence electrons. The first kappa shape index (κ1) is 17.4. The summed E-state index contributed by atoms with van der Waals surface area (Å²) in [6, 6.07) is 6.79. The minimum atomic E-state index is -0.762. The topological polar surface area (TPSA) is 88.1 Å². The van der Waals surface area contributed by atoms with Crippen LogP contribution < -0.4 is 16.0 Å². The Kier molecular flexibility index (Phi) is 5.06. The van der Waals surface area contributed by atoms with Crippen LogP contribution in [0.5, 0.6) is 0 Å². The lowest BCUT2D eigenvalue weighted by Crippen LogP contribution is -2.52. The van der Waals surface area contributed by atoms with Crippen molar-refractivity contribution in [3.05, 3.63) is 41.7 Å². The summed E-state index contributed by atoms with van der Waals surface area (Å²) in [5, 5.41) is 13.6. The Morgan fingerprint density at radius 2 is 2.04 bits per heavy atom. The molecule has 1 aliphatic rings. The largest absolute Gasteiger partial charge is 0.326 e. The normalized spacial score (nSPS) is 16.2. The first-order valence-corrected chi connectivity index (χ1v) is 8.48. The Morgan fingerprint density at radius 3 is 2.68 bits per heavy atom. The van der Waals surface area contributed by atoms with Gasteiger partial charge in [-0.3, -0.25) is 14.3 Å². The third kappa shape index (κ3) is 3.67. The lowest BCUT2D eigenvalue weighted by Gasteiger charge is -2.36. The maximum absolute atomic E-state index is 13.1. The summed E-state index contributed by atoms with van der Waals surface area (Å²) in [4.78, 5) is 24.4. The molecule has 0 radical (unpaired) electrons. The van der Waals surface area contributed by atoms with Gasteiger partial charge in [0.2, 0.25) is 5.91 Å². The van der Waals surface area contributed by atoms with Crippen molar-refractivity contribution in [3.8, 4) is 0 Å². The quantitative estimate of drug-likeness (QED) is 0.779. The zero-order valence-electron chi connectivity index (χ0n) is 13.9. The van der Waals surface area contributed by atoms with Crippen LogP contribution in [0.4, 0.5) is 11.4 Å². The molecule has 1 aromatic heterocycles. The number of piperidine rings is 1. The highest BCUT2D eigenvalue weighted by Gasteiger charge is 2.42. The summed E-state index contributed by atoms with van der Waals surface area (Å²) in [5.41, 5.74) is 0.274. The minimum Gasteiger partial charge on any atom is -0.326 e. The van der Waals surface area contributed by atoms with Gasteiger partial charge >= 0.3 is 0 Å². The Bertz CT molecular complexity index is 769. The fourth-order valence-corrected chi connectivity index (χ4v) is 3.23.